The maximum absolute atomic E-state index is 4.60. The van der Waals surface area contributed by atoms with Crippen molar-refractivity contribution in [1.82, 2.24) is 20.1 Å². The lowest BCUT2D eigenvalue weighted by Gasteiger charge is -2.39. The van der Waals surface area contributed by atoms with Gasteiger partial charge in [0.05, 0.1) is 10.7 Å². The summed E-state index contributed by atoms with van der Waals surface area (Å²) in [6.45, 7) is 13.3. The molecule has 1 aromatic heterocycles. The van der Waals surface area contributed by atoms with Crippen LogP contribution >= 0.6 is 23.1 Å². The zero-order valence-corrected chi connectivity index (χ0v) is 18.3. The highest BCUT2D eigenvalue weighted by Gasteiger charge is 2.29. The van der Waals surface area contributed by atoms with Crippen molar-refractivity contribution in [2.75, 3.05) is 45.5 Å². The van der Waals surface area contributed by atoms with E-state index < -0.39 is 0 Å². The fourth-order valence-electron chi connectivity index (χ4n) is 3.82. The molecule has 2 fully saturated rings. The number of nitrogens with zero attached hydrogens (tertiary/aromatic N) is 4. The highest BCUT2D eigenvalue weighted by atomic mass is 32.2. The molecule has 0 atom stereocenters. The van der Waals surface area contributed by atoms with Crippen molar-refractivity contribution in [3.8, 4) is 0 Å². The monoisotopic (exact) mass is 395 g/mol. The maximum Gasteiger partial charge on any atom is 0.193 e. The number of guanidine groups is 1. The lowest BCUT2D eigenvalue weighted by Crippen LogP contribution is -2.52. The maximum atomic E-state index is 4.60. The average Bonchev–Trinajstić information content (AvgIpc) is 3.01. The van der Waals surface area contributed by atoms with Gasteiger partial charge in [-0.1, -0.05) is 0 Å². The van der Waals surface area contributed by atoms with Crippen molar-refractivity contribution in [3.63, 3.8) is 0 Å². The van der Waals surface area contributed by atoms with Gasteiger partial charge in [0.1, 0.15) is 0 Å². The number of hydrogen-bond acceptors (Lipinski definition) is 5. The van der Waals surface area contributed by atoms with Crippen LogP contribution in [0, 0.1) is 12.8 Å². The second-order valence-corrected chi connectivity index (χ2v) is 10.9. The molecule has 2 aliphatic heterocycles. The first-order chi connectivity index (χ1) is 12.4. The SMILES string of the molecule is CN=C(NCC1CCN(Cc2csc(C)n2)CC1)N1CCSC(C)(C)C1. The molecule has 0 radical (unpaired) electrons. The van der Waals surface area contributed by atoms with Gasteiger partial charge >= 0.3 is 0 Å². The third-order valence-electron chi connectivity index (χ3n) is 5.25. The lowest BCUT2D eigenvalue weighted by atomic mass is 9.97. The standard InChI is InChI=1S/C19H33N5S2/c1-15-22-17(13-25-15)12-23-7-5-16(6-8-23)11-21-18(20-4)24-9-10-26-19(2,3)14-24/h13,16H,5-12,14H2,1-4H3,(H,20,21). The zero-order chi connectivity index (χ0) is 18.6. The summed E-state index contributed by atoms with van der Waals surface area (Å²) in [7, 11) is 1.91. The molecule has 0 spiro atoms. The minimum Gasteiger partial charge on any atom is -0.356 e. The Morgan fingerprint density at radius 1 is 1.35 bits per heavy atom. The number of thiazole rings is 1. The van der Waals surface area contributed by atoms with Crippen LogP contribution in [0.5, 0.6) is 0 Å². The number of nitrogens with one attached hydrogen (secondary N) is 1. The van der Waals surface area contributed by atoms with Crippen LogP contribution in [0.15, 0.2) is 10.4 Å². The number of piperidine rings is 1. The fourth-order valence-corrected chi connectivity index (χ4v) is 5.54. The first kappa shape index (κ1) is 20.0. The number of rotatable bonds is 4. The van der Waals surface area contributed by atoms with Crippen molar-refractivity contribution in [3.05, 3.63) is 16.1 Å². The molecule has 2 aliphatic rings. The normalized spacial score (nSPS) is 22.6. The molecule has 0 unspecified atom stereocenters. The minimum atomic E-state index is 0.315. The highest BCUT2D eigenvalue weighted by molar-refractivity contribution is 8.00. The molecule has 0 saturated carbocycles. The Morgan fingerprint density at radius 2 is 2.12 bits per heavy atom. The Balaban J connectivity index is 1.41. The summed E-state index contributed by atoms with van der Waals surface area (Å²) in [6, 6.07) is 0. The van der Waals surface area contributed by atoms with Gasteiger partial charge in [0.25, 0.3) is 0 Å². The molecule has 0 aliphatic carbocycles. The Labute approximate surface area is 166 Å². The van der Waals surface area contributed by atoms with Crippen molar-refractivity contribution < 1.29 is 0 Å². The smallest absolute Gasteiger partial charge is 0.193 e. The van der Waals surface area contributed by atoms with E-state index in [0.29, 0.717) is 4.75 Å². The summed E-state index contributed by atoms with van der Waals surface area (Å²) >= 11 is 3.82. The van der Waals surface area contributed by atoms with E-state index in [2.05, 4.69) is 63.0 Å². The third kappa shape index (κ3) is 5.60. The number of aromatic nitrogens is 1. The summed E-state index contributed by atoms with van der Waals surface area (Å²) in [6.07, 6.45) is 2.52. The first-order valence-corrected chi connectivity index (χ1v) is 11.5. The van der Waals surface area contributed by atoms with Gasteiger partial charge in [0, 0.05) is 49.1 Å². The molecule has 146 valence electrons. The second kappa shape index (κ2) is 8.93. The van der Waals surface area contributed by atoms with Crippen LogP contribution in [-0.2, 0) is 6.54 Å². The number of likely N-dealkylation sites (tertiary alicyclic amines) is 1. The summed E-state index contributed by atoms with van der Waals surface area (Å²) in [4.78, 5) is 14.1. The van der Waals surface area contributed by atoms with Crippen molar-refractivity contribution >= 4 is 29.1 Å². The molecule has 5 nitrogen and oxygen atoms in total. The van der Waals surface area contributed by atoms with E-state index in [9.17, 15) is 0 Å². The van der Waals surface area contributed by atoms with Gasteiger partial charge in [-0.3, -0.25) is 9.89 Å². The molecule has 26 heavy (non-hydrogen) atoms. The Bertz CT molecular complexity index is 605. The van der Waals surface area contributed by atoms with Gasteiger partial charge in [0.15, 0.2) is 5.96 Å². The number of thioether (sulfide) groups is 1. The fraction of sp³-hybridized carbons (Fsp3) is 0.789. The van der Waals surface area contributed by atoms with E-state index in [1.54, 1.807) is 11.3 Å². The van der Waals surface area contributed by atoms with Gasteiger partial charge in [-0.2, -0.15) is 11.8 Å². The van der Waals surface area contributed by atoms with E-state index in [1.807, 2.05) is 7.05 Å². The number of aliphatic imine (C=N–C) groups is 1. The molecular formula is C19H33N5S2. The number of aryl methyl sites for hydroxylation is 1. The van der Waals surface area contributed by atoms with Crippen molar-refractivity contribution in [1.29, 1.82) is 0 Å². The quantitative estimate of drug-likeness (QED) is 0.627. The van der Waals surface area contributed by atoms with Gasteiger partial charge in [-0.05, 0) is 52.6 Å². The Morgan fingerprint density at radius 3 is 2.73 bits per heavy atom. The van der Waals surface area contributed by atoms with Crippen LogP contribution < -0.4 is 5.32 Å². The molecule has 0 aromatic carbocycles. The Hall–Kier alpha value is -0.790. The van der Waals surface area contributed by atoms with E-state index in [1.165, 1.54) is 42.4 Å². The van der Waals surface area contributed by atoms with Gasteiger partial charge in [0.2, 0.25) is 0 Å². The molecule has 1 N–H and O–H groups in total. The summed E-state index contributed by atoms with van der Waals surface area (Å²) < 4.78 is 0.315. The number of hydrogen-bond donors (Lipinski definition) is 1. The largest absolute Gasteiger partial charge is 0.356 e. The van der Waals surface area contributed by atoms with E-state index >= 15 is 0 Å². The summed E-state index contributed by atoms with van der Waals surface area (Å²) in [5.74, 6) is 3.01. The zero-order valence-electron chi connectivity index (χ0n) is 16.6. The summed E-state index contributed by atoms with van der Waals surface area (Å²) in [5.41, 5.74) is 1.23. The molecular weight excluding hydrogens is 362 g/mol. The second-order valence-electron chi connectivity index (χ2n) is 8.04. The molecule has 7 heteroatoms. The molecule has 2 saturated heterocycles. The molecule has 3 rings (SSSR count). The molecule has 1 aromatic rings. The third-order valence-corrected chi connectivity index (χ3v) is 7.36. The topological polar surface area (TPSA) is 43.8 Å². The molecule has 0 bridgehead atoms. The highest BCUT2D eigenvalue weighted by Crippen LogP contribution is 2.29. The lowest BCUT2D eigenvalue weighted by molar-refractivity contribution is 0.176. The van der Waals surface area contributed by atoms with Crippen LogP contribution in [0.1, 0.15) is 37.4 Å². The summed E-state index contributed by atoms with van der Waals surface area (Å²) in [5, 5.41) is 7.02. The minimum absolute atomic E-state index is 0.315. The van der Waals surface area contributed by atoms with E-state index in [-0.39, 0.29) is 0 Å². The van der Waals surface area contributed by atoms with Crippen LogP contribution in [0.4, 0.5) is 0 Å². The van der Waals surface area contributed by atoms with Crippen LogP contribution in [0.25, 0.3) is 0 Å². The Kier molecular flexibility index (Phi) is 6.86. The van der Waals surface area contributed by atoms with Crippen LogP contribution in [0.3, 0.4) is 0 Å². The average molecular weight is 396 g/mol. The van der Waals surface area contributed by atoms with E-state index in [4.69, 9.17) is 0 Å². The van der Waals surface area contributed by atoms with Crippen molar-refractivity contribution in [2.45, 2.75) is 44.9 Å². The molecule has 0 amide bonds. The van der Waals surface area contributed by atoms with Crippen molar-refractivity contribution in [2.24, 2.45) is 10.9 Å². The predicted octanol–water partition coefficient (Wildman–Crippen LogP) is 3.07. The van der Waals surface area contributed by atoms with Crippen LogP contribution in [0.2, 0.25) is 0 Å². The van der Waals surface area contributed by atoms with Crippen LogP contribution in [-0.4, -0.2) is 71.0 Å². The predicted molar refractivity (Wildman–Crippen MR) is 114 cm³/mol. The molecule has 3 heterocycles. The van der Waals surface area contributed by atoms with E-state index in [0.717, 1.165) is 38.1 Å². The van der Waals surface area contributed by atoms with Gasteiger partial charge < -0.3 is 10.2 Å². The first-order valence-electron chi connectivity index (χ1n) is 9.68. The van der Waals surface area contributed by atoms with Gasteiger partial charge in [-0.15, -0.1) is 11.3 Å². The van der Waals surface area contributed by atoms with Gasteiger partial charge in [-0.25, -0.2) is 4.98 Å².